The van der Waals surface area contributed by atoms with Crippen molar-refractivity contribution < 1.29 is 13.3 Å². The molecule has 7 heteroatoms. The van der Waals surface area contributed by atoms with Crippen LogP contribution in [0.5, 0.6) is 0 Å². The fourth-order valence-corrected chi connectivity index (χ4v) is 4.55. The Kier molecular flexibility index (Phi) is 4.04. The zero-order valence-electron chi connectivity index (χ0n) is 12.4. The topological polar surface area (TPSA) is 80.5 Å². The highest BCUT2D eigenvalue weighted by molar-refractivity contribution is 7.93. The molecular weight excluding hydrogens is 316 g/mol. The quantitative estimate of drug-likeness (QED) is 0.639. The summed E-state index contributed by atoms with van der Waals surface area (Å²) in [5.74, 6) is 0. The van der Waals surface area contributed by atoms with Crippen LogP contribution in [0.25, 0.3) is 0 Å². The van der Waals surface area contributed by atoms with Gasteiger partial charge in [0.2, 0.25) is 0 Å². The lowest BCUT2D eigenvalue weighted by molar-refractivity contribution is -0.387. The maximum absolute atomic E-state index is 13.0. The third-order valence-electron chi connectivity index (χ3n) is 3.95. The molecule has 0 unspecified atom stereocenters. The second-order valence-electron chi connectivity index (χ2n) is 5.39. The van der Waals surface area contributed by atoms with Gasteiger partial charge in [0, 0.05) is 12.6 Å². The summed E-state index contributed by atoms with van der Waals surface area (Å²) in [6.07, 6.45) is 2.41. The molecule has 120 valence electrons. The first-order valence-electron chi connectivity index (χ1n) is 7.36. The van der Waals surface area contributed by atoms with Crippen molar-refractivity contribution in [3.05, 3.63) is 64.2 Å². The molecule has 0 amide bonds. The Hall–Kier alpha value is -2.41. The zero-order chi connectivity index (χ0) is 16.4. The van der Waals surface area contributed by atoms with Crippen LogP contribution in [0.2, 0.25) is 0 Å². The second-order valence-corrected chi connectivity index (χ2v) is 7.22. The highest BCUT2D eigenvalue weighted by Gasteiger charge is 2.33. The van der Waals surface area contributed by atoms with E-state index in [1.807, 2.05) is 12.1 Å². The summed E-state index contributed by atoms with van der Waals surface area (Å²) < 4.78 is 27.4. The Morgan fingerprint density at radius 1 is 1.00 bits per heavy atom. The minimum atomic E-state index is -3.98. The van der Waals surface area contributed by atoms with Gasteiger partial charge in [0.1, 0.15) is 0 Å². The van der Waals surface area contributed by atoms with E-state index in [4.69, 9.17) is 0 Å². The average Bonchev–Trinajstić information content (AvgIpc) is 2.77. The number of hydrogen-bond acceptors (Lipinski definition) is 4. The fourth-order valence-electron chi connectivity index (χ4n) is 2.85. The normalized spacial score (nSPS) is 14.9. The summed E-state index contributed by atoms with van der Waals surface area (Å²) in [5.41, 5.74) is 1.17. The smallest absolute Gasteiger partial charge is 0.266 e. The van der Waals surface area contributed by atoms with Crippen LogP contribution in [0.15, 0.2) is 53.4 Å². The molecule has 0 radical (unpaired) electrons. The van der Waals surface area contributed by atoms with Crippen molar-refractivity contribution >= 4 is 21.4 Å². The molecule has 23 heavy (non-hydrogen) atoms. The van der Waals surface area contributed by atoms with Crippen LogP contribution in [-0.4, -0.2) is 19.9 Å². The third-order valence-corrected chi connectivity index (χ3v) is 5.81. The third kappa shape index (κ3) is 2.79. The SMILES string of the molecule is O=[N+]([O-])c1ccccc1S(=O)(=O)N1CCCCc2ccccc21. The number of para-hydroxylation sites is 2. The van der Waals surface area contributed by atoms with E-state index in [-0.39, 0.29) is 4.90 Å². The van der Waals surface area contributed by atoms with Gasteiger partial charge in [0.25, 0.3) is 15.7 Å². The molecule has 0 aliphatic carbocycles. The Bertz CT molecular complexity index is 849. The molecule has 0 spiro atoms. The van der Waals surface area contributed by atoms with Crippen molar-refractivity contribution in [3.8, 4) is 0 Å². The molecule has 2 aromatic carbocycles. The Morgan fingerprint density at radius 2 is 1.70 bits per heavy atom. The van der Waals surface area contributed by atoms with E-state index in [0.717, 1.165) is 18.4 Å². The number of nitrogens with zero attached hydrogens (tertiary/aromatic N) is 2. The monoisotopic (exact) mass is 332 g/mol. The number of benzene rings is 2. The van der Waals surface area contributed by atoms with Crippen molar-refractivity contribution in [3.63, 3.8) is 0 Å². The first-order chi connectivity index (χ1) is 11.0. The van der Waals surface area contributed by atoms with Crippen LogP contribution in [0.1, 0.15) is 18.4 Å². The van der Waals surface area contributed by atoms with Crippen molar-refractivity contribution in [2.24, 2.45) is 0 Å². The van der Waals surface area contributed by atoms with E-state index in [0.29, 0.717) is 18.7 Å². The van der Waals surface area contributed by atoms with Gasteiger partial charge in [-0.3, -0.25) is 14.4 Å². The Balaban J connectivity index is 2.16. The minimum Gasteiger partial charge on any atom is -0.266 e. The molecule has 6 nitrogen and oxygen atoms in total. The summed E-state index contributed by atoms with van der Waals surface area (Å²) >= 11 is 0. The molecule has 1 aliphatic heterocycles. The molecule has 0 N–H and O–H groups in total. The first-order valence-corrected chi connectivity index (χ1v) is 8.80. The molecule has 2 aromatic rings. The largest absolute Gasteiger partial charge is 0.289 e. The van der Waals surface area contributed by atoms with Gasteiger partial charge in [-0.05, 0) is 37.0 Å². The summed E-state index contributed by atoms with van der Waals surface area (Å²) in [5, 5.41) is 11.2. The molecular formula is C16H16N2O4S. The van der Waals surface area contributed by atoms with Gasteiger partial charge < -0.3 is 0 Å². The molecule has 1 aliphatic rings. The van der Waals surface area contributed by atoms with E-state index >= 15 is 0 Å². The van der Waals surface area contributed by atoms with Gasteiger partial charge in [-0.2, -0.15) is 0 Å². The molecule has 0 aromatic heterocycles. The highest BCUT2D eigenvalue weighted by Crippen LogP contribution is 2.33. The number of nitro groups is 1. The molecule has 0 atom stereocenters. The fraction of sp³-hybridized carbons (Fsp3) is 0.250. The van der Waals surface area contributed by atoms with Gasteiger partial charge in [0.05, 0.1) is 10.6 Å². The van der Waals surface area contributed by atoms with Crippen LogP contribution in [0.3, 0.4) is 0 Å². The number of sulfonamides is 1. The van der Waals surface area contributed by atoms with E-state index in [1.165, 1.54) is 28.6 Å². The van der Waals surface area contributed by atoms with Crippen molar-refractivity contribution in [1.82, 2.24) is 0 Å². The maximum Gasteiger partial charge on any atom is 0.289 e. The van der Waals surface area contributed by atoms with Crippen molar-refractivity contribution in [2.45, 2.75) is 24.2 Å². The van der Waals surface area contributed by atoms with Gasteiger partial charge in [-0.15, -0.1) is 0 Å². The van der Waals surface area contributed by atoms with E-state index in [1.54, 1.807) is 12.1 Å². The Morgan fingerprint density at radius 3 is 2.48 bits per heavy atom. The molecule has 0 saturated heterocycles. The second kappa shape index (κ2) is 6.00. The van der Waals surface area contributed by atoms with Crippen LogP contribution in [0, 0.1) is 10.1 Å². The summed E-state index contributed by atoms with van der Waals surface area (Å²) in [7, 11) is -3.98. The van der Waals surface area contributed by atoms with Crippen LogP contribution < -0.4 is 4.31 Å². The predicted octanol–water partition coefficient (Wildman–Crippen LogP) is 3.13. The molecule has 0 fully saturated rings. The maximum atomic E-state index is 13.0. The standard InChI is InChI=1S/C16H16N2O4S/c19-18(20)15-10-3-4-11-16(15)23(21,22)17-12-6-5-8-13-7-1-2-9-14(13)17/h1-4,7,9-11H,5-6,8,12H2. The van der Waals surface area contributed by atoms with E-state index in [2.05, 4.69) is 0 Å². The van der Waals surface area contributed by atoms with Crippen molar-refractivity contribution in [1.29, 1.82) is 0 Å². The predicted molar refractivity (Wildman–Crippen MR) is 87.0 cm³/mol. The summed E-state index contributed by atoms with van der Waals surface area (Å²) in [4.78, 5) is 10.3. The minimum absolute atomic E-state index is 0.262. The Labute approximate surface area is 134 Å². The molecule has 0 saturated carbocycles. The van der Waals surface area contributed by atoms with Gasteiger partial charge >= 0.3 is 0 Å². The van der Waals surface area contributed by atoms with E-state index < -0.39 is 20.6 Å². The highest BCUT2D eigenvalue weighted by atomic mass is 32.2. The van der Waals surface area contributed by atoms with Crippen LogP contribution in [0.4, 0.5) is 11.4 Å². The molecule has 1 heterocycles. The zero-order valence-corrected chi connectivity index (χ0v) is 13.2. The number of anilines is 1. The molecule has 0 bridgehead atoms. The number of hydrogen-bond donors (Lipinski definition) is 0. The lowest BCUT2D eigenvalue weighted by Gasteiger charge is -2.24. The van der Waals surface area contributed by atoms with Gasteiger partial charge in [0.15, 0.2) is 4.90 Å². The first kappa shape index (κ1) is 15.5. The lowest BCUT2D eigenvalue weighted by atomic mass is 10.1. The summed E-state index contributed by atoms with van der Waals surface area (Å²) in [6, 6.07) is 12.8. The summed E-state index contributed by atoms with van der Waals surface area (Å²) in [6.45, 7) is 0.325. The number of fused-ring (bicyclic) bond motifs is 1. The van der Waals surface area contributed by atoms with Gasteiger partial charge in [-0.1, -0.05) is 30.3 Å². The number of aryl methyl sites for hydroxylation is 1. The molecule has 3 rings (SSSR count). The lowest BCUT2D eigenvalue weighted by Crippen LogP contribution is -2.32. The number of nitro benzene ring substituents is 1. The van der Waals surface area contributed by atoms with E-state index in [9.17, 15) is 18.5 Å². The van der Waals surface area contributed by atoms with Gasteiger partial charge in [-0.25, -0.2) is 8.42 Å². The van der Waals surface area contributed by atoms with Crippen molar-refractivity contribution in [2.75, 3.05) is 10.8 Å². The van der Waals surface area contributed by atoms with Crippen LogP contribution >= 0.6 is 0 Å². The van der Waals surface area contributed by atoms with Crippen LogP contribution in [-0.2, 0) is 16.4 Å². The number of rotatable bonds is 3. The average molecular weight is 332 g/mol.